The lowest BCUT2D eigenvalue weighted by Gasteiger charge is -2.35. The van der Waals surface area contributed by atoms with Crippen molar-refractivity contribution in [3.8, 4) is 5.75 Å². The number of carboxylic acid groups (broad SMARTS) is 1. The van der Waals surface area contributed by atoms with E-state index in [9.17, 15) is 15.0 Å². The van der Waals surface area contributed by atoms with Gasteiger partial charge in [0.2, 0.25) is 0 Å². The minimum atomic E-state index is -1.22. The summed E-state index contributed by atoms with van der Waals surface area (Å²) in [6, 6.07) is 14.7. The number of carbonyl (C=O) groups is 1. The van der Waals surface area contributed by atoms with E-state index in [4.69, 9.17) is 0 Å². The molecule has 4 rings (SSSR count). The van der Waals surface area contributed by atoms with Crippen LogP contribution >= 0.6 is 0 Å². The molecule has 24 heavy (non-hydrogen) atoms. The summed E-state index contributed by atoms with van der Waals surface area (Å²) in [5, 5.41) is 24.0. The van der Waals surface area contributed by atoms with Crippen LogP contribution in [0, 0.1) is 0 Å². The lowest BCUT2D eigenvalue weighted by molar-refractivity contribution is -0.145. The molecule has 1 aliphatic rings. The number of hydrogen-bond acceptors (Lipinski definition) is 3. The first kappa shape index (κ1) is 14.8. The number of aliphatic carboxylic acids is 1. The SMILES string of the molecule is O=C(O)C1(Cc2cccc(O)c2)NCCc2c1[nH]c1ccccc21. The predicted octanol–water partition coefficient (Wildman–Crippen LogP) is 2.54. The van der Waals surface area contributed by atoms with E-state index < -0.39 is 11.5 Å². The van der Waals surface area contributed by atoms with Gasteiger partial charge in [0.25, 0.3) is 0 Å². The Morgan fingerprint density at radius 1 is 1.17 bits per heavy atom. The predicted molar refractivity (Wildman–Crippen MR) is 91.1 cm³/mol. The summed E-state index contributed by atoms with van der Waals surface area (Å²) in [7, 11) is 0. The lowest BCUT2D eigenvalue weighted by atomic mass is 9.82. The van der Waals surface area contributed by atoms with E-state index in [0.717, 1.165) is 28.5 Å². The van der Waals surface area contributed by atoms with Gasteiger partial charge in [0.15, 0.2) is 5.54 Å². The van der Waals surface area contributed by atoms with E-state index in [1.165, 1.54) is 0 Å². The van der Waals surface area contributed by atoms with Crippen LogP contribution in [0.15, 0.2) is 48.5 Å². The van der Waals surface area contributed by atoms with Gasteiger partial charge < -0.3 is 15.2 Å². The van der Waals surface area contributed by atoms with Crippen molar-refractivity contribution >= 4 is 16.9 Å². The van der Waals surface area contributed by atoms with Crippen LogP contribution in [0.2, 0.25) is 0 Å². The summed E-state index contributed by atoms with van der Waals surface area (Å²) in [4.78, 5) is 15.6. The number of H-pyrrole nitrogens is 1. The monoisotopic (exact) mass is 322 g/mol. The molecule has 2 heterocycles. The van der Waals surface area contributed by atoms with Crippen molar-refractivity contribution in [2.24, 2.45) is 0 Å². The summed E-state index contributed by atoms with van der Waals surface area (Å²) in [6.45, 7) is 0.597. The Morgan fingerprint density at radius 3 is 2.79 bits per heavy atom. The molecule has 122 valence electrons. The van der Waals surface area contributed by atoms with Gasteiger partial charge in [-0.2, -0.15) is 0 Å². The van der Waals surface area contributed by atoms with Crippen molar-refractivity contribution in [2.45, 2.75) is 18.4 Å². The fourth-order valence-electron chi connectivity index (χ4n) is 3.69. The molecule has 5 nitrogen and oxygen atoms in total. The molecular weight excluding hydrogens is 304 g/mol. The van der Waals surface area contributed by atoms with Crippen LogP contribution in [0.1, 0.15) is 16.8 Å². The maximum Gasteiger partial charge on any atom is 0.330 e. The van der Waals surface area contributed by atoms with Gasteiger partial charge in [0, 0.05) is 23.9 Å². The van der Waals surface area contributed by atoms with Gasteiger partial charge in [0.05, 0.1) is 5.69 Å². The van der Waals surface area contributed by atoms with Gasteiger partial charge in [-0.3, -0.25) is 5.32 Å². The van der Waals surface area contributed by atoms with Crippen LogP contribution < -0.4 is 5.32 Å². The van der Waals surface area contributed by atoms with Crippen LogP contribution in [0.4, 0.5) is 0 Å². The fourth-order valence-corrected chi connectivity index (χ4v) is 3.69. The Balaban J connectivity index is 1.89. The standard InChI is InChI=1S/C19H18N2O3/c22-13-5-3-4-12(10-13)11-19(18(23)24)17-15(8-9-20-19)14-6-1-2-7-16(14)21-17/h1-7,10,20-22H,8-9,11H2,(H,23,24). The van der Waals surface area contributed by atoms with E-state index in [1.54, 1.807) is 18.2 Å². The Morgan fingerprint density at radius 2 is 2.00 bits per heavy atom. The number of hydrogen-bond donors (Lipinski definition) is 4. The van der Waals surface area contributed by atoms with Gasteiger partial charge in [-0.1, -0.05) is 30.3 Å². The molecule has 0 bridgehead atoms. The Kier molecular flexibility index (Phi) is 3.32. The number of benzene rings is 2. The van der Waals surface area contributed by atoms with Gasteiger partial charge >= 0.3 is 5.97 Å². The normalized spacial score (nSPS) is 20.0. The smallest absolute Gasteiger partial charge is 0.330 e. The van der Waals surface area contributed by atoms with Gasteiger partial charge in [-0.25, -0.2) is 4.79 Å². The number of rotatable bonds is 3. The molecule has 1 unspecified atom stereocenters. The van der Waals surface area contributed by atoms with Crippen molar-refractivity contribution in [1.29, 1.82) is 0 Å². The maximum atomic E-state index is 12.3. The zero-order chi connectivity index (χ0) is 16.7. The van der Waals surface area contributed by atoms with Crippen LogP contribution in [0.25, 0.3) is 10.9 Å². The number of para-hydroxylation sites is 1. The molecule has 0 spiro atoms. The number of fused-ring (bicyclic) bond motifs is 3. The summed E-state index contributed by atoms with van der Waals surface area (Å²) >= 11 is 0. The first-order valence-electron chi connectivity index (χ1n) is 7.96. The molecule has 1 aliphatic heterocycles. The van der Waals surface area contributed by atoms with Gasteiger partial charge in [-0.15, -0.1) is 0 Å². The van der Waals surface area contributed by atoms with E-state index in [-0.39, 0.29) is 12.2 Å². The minimum absolute atomic E-state index is 0.140. The average molecular weight is 322 g/mol. The number of carboxylic acids is 1. The molecule has 1 aromatic heterocycles. The van der Waals surface area contributed by atoms with Crippen molar-refractivity contribution in [3.05, 3.63) is 65.4 Å². The maximum absolute atomic E-state index is 12.3. The fraction of sp³-hybridized carbons (Fsp3) is 0.211. The molecule has 2 aromatic carbocycles. The molecule has 0 saturated heterocycles. The number of aromatic amines is 1. The van der Waals surface area contributed by atoms with Gasteiger partial charge in [0.1, 0.15) is 5.75 Å². The highest BCUT2D eigenvalue weighted by Gasteiger charge is 2.45. The van der Waals surface area contributed by atoms with Crippen LogP contribution in [0.5, 0.6) is 5.75 Å². The molecule has 1 atom stereocenters. The summed E-state index contributed by atoms with van der Waals surface area (Å²) < 4.78 is 0. The second-order valence-electron chi connectivity index (χ2n) is 6.26. The molecule has 0 fully saturated rings. The third-order valence-electron chi connectivity index (χ3n) is 4.79. The molecule has 0 saturated carbocycles. The van der Waals surface area contributed by atoms with Crippen LogP contribution in [0.3, 0.4) is 0 Å². The van der Waals surface area contributed by atoms with E-state index in [2.05, 4.69) is 10.3 Å². The highest BCUT2D eigenvalue weighted by atomic mass is 16.4. The number of aromatic hydroxyl groups is 1. The largest absolute Gasteiger partial charge is 0.508 e. The second kappa shape index (κ2) is 5.39. The molecule has 0 amide bonds. The van der Waals surface area contributed by atoms with Crippen molar-refractivity contribution in [3.63, 3.8) is 0 Å². The molecule has 0 radical (unpaired) electrons. The quantitative estimate of drug-likeness (QED) is 0.597. The molecular formula is C19H18N2O3. The number of phenols is 1. The van der Waals surface area contributed by atoms with Crippen molar-refractivity contribution in [1.82, 2.24) is 10.3 Å². The Labute approximate surface area is 138 Å². The van der Waals surface area contributed by atoms with E-state index in [1.807, 2.05) is 30.3 Å². The number of aromatic nitrogens is 1. The number of nitrogens with one attached hydrogen (secondary N) is 2. The first-order valence-corrected chi connectivity index (χ1v) is 7.96. The Bertz CT molecular complexity index is 931. The van der Waals surface area contributed by atoms with E-state index in [0.29, 0.717) is 12.2 Å². The van der Waals surface area contributed by atoms with E-state index >= 15 is 0 Å². The zero-order valence-corrected chi connectivity index (χ0v) is 13.0. The third-order valence-corrected chi connectivity index (χ3v) is 4.79. The first-order chi connectivity index (χ1) is 11.6. The average Bonchev–Trinajstić information content (AvgIpc) is 2.95. The Hall–Kier alpha value is -2.79. The summed E-state index contributed by atoms with van der Waals surface area (Å²) in [5.74, 6) is -0.779. The molecule has 4 N–H and O–H groups in total. The summed E-state index contributed by atoms with van der Waals surface area (Å²) in [6.07, 6.45) is 1.05. The van der Waals surface area contributed by atoms with Crippen LogP contribution in [-0.4, -0.2) is 27.7 Å². The second-order valence-corrected chi connectivity index (χ2v) is 6.26. The highest BCUT2D eigenvalue weighted by Crippen LogP contribution is 2.36. The third kappa shape index (κ3) is 2.17. The molecule has 5 heteroatoms. The minimum Gasteiger partial charge on any atom is -0.508 e. The van der Waals surface area contributed by atoms with Crippen LogP contribution in [-0.2, 0) is 23.2 Å². The highest BCUT2D eigenvalue weighted by molar-refractivity contribution is 5.90. The number of phenolic OH excluding ortho intramolecular Hbond substituents is 1. The molecule has 3 aromatic rings. The summed E-state index contributed by atoms with van der Waals surface area (Å²) in [5.41, 5.74) is 2.28. The van der Waals surface area contributed by atoms with Crippen molar-refractivity contribution < 1.29 is 15.0 Å². The van der Waals surface area contributed by atoms with Crippen molar-refractivity contribution in [2.75, 3.05) is 6.54 Å². The topological polar surface area (TPSA) is 85.3 Å². The lowest BCUT2D eigenvalue weighted by Crippen LogP contribution is -2.54. The van der Waals surface area contributed by atoms with Gasteiger partial charge in [-0.05, 0) is 35.7 Å². The molecule has 0 aliphatic carbocycles. The zero-order valence-electron chi connectivity index (χ0n) is 13.0.